The lowest BCUT2D eigenvalue weighted by Crippen LogP contribution is -2.10. The Morgan fingerprint density at radius 2 is 2.14 bits per heavy atom. The summed E-state index contributed by atoms with van der Waals surface area (Å²) in [5.74, 6) is 0.738. The second kappa shape index (κ2) is 6.44. The zero-order valence-corrected chi connectivity index (χ0v) is 12.7. The Bertz CT molecular complexity index is 748. The molecule has 3 aromatic rings. The third-order valence-corrected chi connectivity index (χ3v) is 3.79. The summed E-state index contributed by atoms with van der Waals surface area (Å²) in [5.41, 5.74) is 0.683. The number of nitrogens with zero attached hydrogens (tertiary/aromatic N) is 1. The maximum Gasteiger partial charge on any atom is 0.291 e. The molecule has 0 aliphatic heterocycles. The van der Waals surface area contributed by atoms with Gasteiger partial charge in [0, 0.05) is 11.9 Å². The van der Waals surface area contributed by atoms with Crippen molar-refractivity contribution in [1.29, 1.82) is 0 Å². The van der Waals surface area contributed by atoms with Crippen molar-refractivity contribution in [3.63, 3.8) is 0 Å². The van der Waals surface area contributed by atoms with Crippen LogP contribution in [0.1, 0.15) is 20.4 Å². The van der Waals surface area contributed by atoms with Gasteiger partial charge in [0.25, 0.3) is 5.91 Å². The Kier molecular flexibility index (Phi) is 4.20. The Morgan fingerprint density at radius 3 is 2.77 bits per heavy atom. The standard InChI is InChI=1S/C16H14N2O3S/c1-11-17-9-14(22-11)10-21-13-6-4-12(5-7-13)18-16(19)15-3-2-8-20-15/h2-9H,10H2,1H3,(H,18,19). The van der Waals surface area contributed by atoms with E-state index in [-0.39, 0.29) is 11.7 Å². The van der Waals surface area contributed by atoms with Gasteiger partial charge in [0.15, 0.2) is 5.76 Å². The lowest BCUT2D eigenvalue weighted by Gasteiger charge is -2.06. The van der Waals surface area contributed by atoms with Crippen LogP contribution in [0.5, 0.6) is 5.75 Å². The molecule has 1 aromatic carbocycles. The first kappa shape index (κ1) is 14.3. The van der Waals surface area contributed by atoms with Crippen molar-refractivity contribution in [1.82, 2.24) is 4.98 Å². The van der Waals surface area contributed by atoms with E-state index in [2.05, 4.69) is 10.3 Å². The highest BCUT2D eigenvalue weighted by Gasteiger charge is 2.08. The van der Waals surface area contributed by atoms with Gasteiger partial charge in [0.2, 0.25) is 0 Å². The van der Waals surface area contributed by atoms with E-state index in [1.165, 1.54) is 6.26 Å². The highest BCUT2D eigenvalue weighted by Crippen LogP contribution is 2.19. The van der Waals surface area contributed by atoms with Crippen LogP contribution in [0.15, 0.2) is 53.3 Å². The summed E-state index contributed by atoms with van der Waals surface area (Å²) >= 11 is 1.61. The Hall–Kier alpha value is -2.60. The van der Waals surface area contributed by atoms with Crippen molar-refractivity contribution in [2.24, 2.45) is 0 Å². The molecule has 22 heavy (non-hydrogen) atoms. The van der Waals surface area contributed by atoms with Gasteiger partial charge >= 0.3 is 0 Å². The van der Waals surface area contributed by atoms with Crippen molar-refractivity contribution in [2.45, 2.75) is 13.5 Å². The van der Waals surface area contributed by atoms with Gasteiger partial charge in [-0.2, -0.15) is 0 Å². The van der Waals surface area contributed by atoms with Gasteiger partial charge in [-0.05, 0) is 43.3 Å². The van der Waals surface area contributed by atoms with Crippen LogP contribution in [-0.4, -0.2) is 10.9 Å². The molecule has 6 heteroatoms. The molecule has 0 bridgehead atoms. The molecule has 2 heterocycles. The van der Waals surface area contributed by atoms with Crippen LogP contribution in [0.4, 0.5) is 5.69 Å². The van der Waals surface area contributed by atoms with Crippen LogP contribution >= 0.6 is 11.3 Å². The average Bonchev–Trinajstić information content (AvgIpc) is 3.18. The van der Waals surface area contributed by atoms with Gasteiger partial charge in [-0.3, -0.25) is 4.79 Å². The number of rotatable bonds is 5. The number of ether oxygens (including phenoxy) is 1. The quantitative estimate of drug-likeness (QED) is 0.776. The van der Waals surface area contributed by atoms with Crippen molar-refractivity contribution in [2.75, 3.05) is 5.32 Å². The molecular formula is C16H14N2O3S. The van der Waals surface area contributed by atoms with Gasteiger partial charge in [0.05, 0.1) is 16.1 Å². The summed E-state index contributed by atoms with van der Waals surface area (Å²) in [7, 11) is 0. The van der Waals surface area contributed by atoms with Gasteiger partial charge in [-0.1, -0.05) is 0 Å². The number of amides is 1. The topological polar surface area (TPSA) is 64.4 Å². The van der Waals surface area contributed by atoms with Crippen molar-refractivity contribution < 1.29 is 13.9 Å². The van der Waals surface area contributed by atoms with Crippen molar-refractivity contribution in [3.05, 3.63) is 64.5 Å². The van der Waals surface area contributed by atoms with Crippen molar-refractivity contribution >= 4 is 22.9 Å². The highest BCUT2D eigenvalue weighted by molar-refractivity contribution is 7.11. The third kappa shape index (κ3) is 3.53. The maximum atomic E-state index is 11.8. The number of anilines is 1. The first-order valence-electron chi connectivity index (χ1n) is 6.70. The van der Waals surface area contributed by atoms with Crippen LogP contribution in [0, 0.1) is 6.92 Å². The molecule has 1 amide bonds. The molecule has 2 aromatic heterocycles. The van der Waals surface area contributed by atoms with E-state index in [9.17, 15) is 4.79 Å². The molecule has 0 unspecified atom stereocenters. The normalized spacial score (nSPS) is 10.4. The van der Waals surface area contributed by atoms with E-state index in [4.69, 9.17) is 9.15 Å². The number of aryl methyl sites for hydroxylation is 1. The molecule has 0 aliphatic carbocycles. The molecule has 0 saturated carbocycles. The fourth-order valence-electron chi connectivity index (χ4n) is 1.86. The number of hydrogen-bond acceptors (Lipinski definition) is 5. The van der Waals surface area contributed by atoms with E-state index >= 15 is 0 Å². The maximum absolute atomic E-state index is 11.8. The van der Waals surface area contributed by atoms with E-state index in [1.54, 1.807) is 35.6 Å². The Morgan fingerprint density at radius 1 is 1.32 bits per heavy atom. The number of nitrogens with one attached hydrogen (secondary N) is 1. The first-order chi connectivity index (χ1) is 10.7. The summed E-state index contributed by atoms with van der Waals surface area (Å²) < 4.78 is 10.7. The Balaban J connectivity index is 1.57. The molecule has 112 valence electrons. The number of hydrogen-bond donors (Lipinski definition) is 1. The Labute approximate surface area is 131 Å². The zero-order valence-electron chi connectivity index (χ0n) is 11.9. The number of benzene rings is 1. The molecule has 1 N–H and O–H groups in total. The fourth-order valence-corrected chi connectivity index (χ4v) is 2.57. The van der Waals surface area contributed by atoms with Crippen LogP contribution in [-0.2, 0) is 6.61 Å². The average molecular weight is 314 g/mol. The lowest BCUT2D eigenvalue weighted by atomic mass is 10.3. The van der Waals surface area contributed by atoms with Crippen LogP contribution in [0.3, 0.4) is 0 Å². The van der Waals surface area contributed by atoms with Crippen LogP contribution in [0.25, 0.3) is 0 Å². The third-order valence-electron chi connectivity index (χ3n) is 2.91. The monoisotopic (exact) mass is 314 g/mol. The van der Waals surface area contributed by atoms with Gasteiger partial charge in [-0.15, -0.1) is 11.3 Å². The van der Waals surface area contributed by atoms with Crippen LogP contribution < -0.4 is 10.1 Å². The predicted octanol–water partition coefficient (Wildman–Crippen LogP) is 3.88. The van der Waals surface area contributed by atoms with E-state index in [0.29, 0.717) is 12.3 Å². The smallest absolute Gasteiger partial charge is 0.291 e. The minimum absolute atomic E-state index is 0.279. The first-order valence-corrected chi connectivity index (χ1v) is 7.51. The SMILES string of the molecule is Cc1ncc(COc2ccc(NC(=O)c3ccco3)cc2)s1. The number of carbonyl (C=O) groups is 1. The largest absolute Gasteiger partial charge is 0.488 e. The molecule has 0 atom stereocenters. The second-order valence-corrected chi connectivity index (χ2v) is 5.91. The number of carbonyl (C=O) groups excluding carboxylic acids is 1. The van der Waals surface area contributed by atoms with E-state index in [1.807, 2.05) is 25.3 Å². The summed E-state index contributed by atoms with van der Waals surface area (Å²) in [6, 6.07) is 10.5. The molecule has 0 aliphatic rings. The zero-order chi connectivity index (χ0) is 15.4. The van der Waals surface area contributed by atoms with E-state index in [0.717, 1.165) is 15.6 Å². The summed E-state index contributed by atoms with van der Waals surface area (Å²) in [6.07, 6.45) is 3.28. The molecule has 0 fully saturated rings. The molecule has 3 rings (SSSR count). The number of thiazole rings is 1. The van der Waals surface area contributed by atoms with E-state index < -0.39 is 0 Å². The lowest BCUT2D eigenvalue weighted by molar-refractivity contribution is 0.0996. The fraction of sp³-hybridized carbons (Fsp3) is 0.125. The number of aromatic nitrogens is 1. The minimum atomic E-state index is -0.279. The van der Waals surface area contributed by atoms with Gasteiger partial charge in [0.1, 0.15) is 12.4 Å². The molecule has 0 spiro atoms. The number of furan rings is 1. The highest BCUT2D eigenvalue weighted by atomic mass is 32.1. The summed E-state index contributed by atoms with van der Waals surface area (Å²) in [6.45, 7) is 2.45. The van der Waals surface area contributed by atoms with Gasteiger partial charge in [-0.25, -0.2) is 4.98 Å². The van der Waals surface area contributed by atoms with Crippen LogP contribution in [0.2, 0.25) is 0 Å². The van der Waals surface area contributed by atoms with Gasteiger partial charge < -0.3 is 14.5 Å². The summed E-state index contributed by atoms with van der Waals surface area (Å²) in [5, 5.41) is 3.78. The van der Waals surface area contributed by atoms with Crippen molar-refractivity contribution in [3.8, 4) is 5.75 Å². The summed E-state index contributed by atoms with van der Waals surface area (Å²) in [4.78, 5) is 17.1. The molecule has 5 nitrogen and oxygen atoms in total. The molecular weight excluding hydrogens is 300 g/mol. The minimum Gasteiger partial charge on any atom is -0.488 e. The molecule has 0 saturated heterocycles. The predicted molar refractivity (Wildman–Crippen MR) is 84.3 cm³/mol. The second-order valence-electron chi connectivity index (χ2n) is 4.59. The molecule has 0 radical (unpaired) electrons.